The zero-order chi connectivity index (χ0) is 19.2. The Hall–Kier alpha value is -3.91. The van der Waals surface area contributed by atoms with Gasteiger partial charge in [0, 0.05) is 12.5 Å². The van der Waals surface area contributed by atoms with Crippen LogP contribution in [0, 0.1) is 11.3 Å². The molecule has 0 aliphatic carbocycles. The van der Waals surface area contributed by atoms with E-state index >= 15 is 0 Å². The number of hydrogen-bond donors (Lipinski definition) is 1. The van der Waals surface area contributed by atoms with Crippen molar-refractivity contribution in [3.63, 3.8) is 0 Å². The second kappa shape index (κ2) is 7.98. The lowest BCUT2D eigenvalue weighted by molar-refractivity contribution is -0.131. The van der Waals surface area contributed by atoms with Gasteiger partial charge in [0.05, 0.1) is 11.3 Å². The number of benzene rings is 3. The Balaban J connectivity index is 1.89. The molecule has 0 spiro atoms. The van der Waals surface area contributed by atoms with Crippen LogP contribution in [0.25, 0.3) is 11.1 Å². The third-order valence-electron chi connectivity index (χ3n) is 3.85. The molecule has 0 aliphatic heterocycles. The number of ether oxygens (including phenoxy) is 1. The van der Waals surface area contributed by atoms with Gasteiger partial charge in [-0.1, -0.05) is 42.5 Å². The highest BCUT2D eigenvalue weighted by Crippen LogP contribution is 2.26. The molecule has 3 aromatic carbocycles. The number of carbonyl (C=O) groups is 2. The van der Waals surface area contributed by atoms with Gasteiger partial charge in [-0.05, 0) is 41.5 Å². The minimum absolute atomic E-state index is 0.286. The maximum absolute atomic E-state index is 12.6. The van der Waals surface area contributed by atoms with Crippen LogP contribution >= 0.6 is 0 Å². The van der Waals surface area contributed by atoms with Crippen molar-refractivity contribution in [2.24, 2.45) is 0 Å². The van der Waals surface area contributed by atoms with E-state index in [-0.39, 0.29) is 5.75 Å². The molecule has 0 aromatic heterocycles. The Labute approximate surface area is 156 Å². The first-order chi connectivity index (χ1) is 13.1. The molecule has 0 aliphatic rings. The number of anilines is 1. The van der Waals surface area contributed by atoms with Gasteiger partial charge in [-0.2, -0.15) is 5.26 Å². The number of carbonyl (C=O) groups excluding carboxylic acids is 2. The summed E-state index contributed by atoms with van der Waals surface area (Å²) in [7, 11) is 0. The van der Waals surface area contributed by atoms with Crippen molar-refractivity contribution < 1.29 is 14.3 Å². The molecule has 1 N–H and O–H groups in total. The SMILES string of the molecule is CC(=O)Oc1cccc(C(=O)Nc2cc(-c3ccccc3)ccc2C#N)c1. The number of nitrogens with zero attached hydrogens (tertiary/aromatic N) is 1. The van der Waals surface area contributed by atoms with Gasteiger partial charge in [-0.3, -0.25) is 9.59 Å². The van der Waals surface area contributed by atoms with Gasteiger partial charge >= 0.3 is 5.97 Å². The zero-order valence-electron chi connectivity index (χ0n) is 14.6. The Morgan fingerprint density at radius 1 is 0.926 bits per heavy atom. The summed E-state index contributed by atoms with van der Waals surface area (Å²) >= 11 is 0. The van der Waals surface area contributed by atoms with E-state index in [0.717, 1.165) is 11.1 Å². The van der Waals surface area contributed by atoms with E-state index in [9.17, 15) is 14.9 Å². The second-order valence-corrected chi connectivity index (χ2v) is 5.81. The standard InChI is InChI=1S/C22H16N2O3/c1-15(25)27-20-9-5-8-18(12-20)22(26)24-21-13-17(10-11-19(21)14-23)16-6-3-2-4-7-16/h2-13H,1H3,(H,24,26). The van der Waals surface area contributed by atoms with Crippen LogP contribution in [0.5, 0.6) is 5.75 Å². The normalized spacial score (nSPS) is 9.93. The first kappa shape index (κ1) is 17.9. The van der Waals surface area contributed by atoms with E-state index in [1.54, 1.807) is 30.3 Å². The lowest BCUT2D eigenvalue weighted by Crippen LogP contribution is -2.13. The fourth-order valence-corrected chi connectivity index (χ4v) is 2.62. The molecular formula is C22H16N2O3. The number of nitrogens with one attached hydrogen (secondary N) is 1. The van der Waals surface area contributed by atoms with Crippen LogP contribution in [0.4, 0.5) is 5.69 Å². The molecule has 5 heteroatoms. The maximum Gasteiger partial charge on any atom is 0.308 e. The molecule has 0 saturated carbocycles. The average molecular weight is 356 g/mol. The van der Waals surface area contributed by atoms with Gasteiger partial charge in [-0.15, -0.1) is 0 Å². The quantitative estimate of drug-likeness (QED) is 0.555. The summed E-state index contributed by atoms with van der Waals surface area (Å²) in [6.07, 6.45) is 0. The predicted octanol–water partition coefficient (Wildman–Crippen LogP) is 4.40. The molecule has 0 unspecified atom stereocenters. The molecular weight excluding hydrogens is 340 g/mol. The molecule has 5 nitrogen and oxygen atoms in total. The Morgan fingerprint density at radius 2 is 1.70 bits per heavy atom. The third kappa shape index (κ3) is 4.39. The van der Waals surface area contributed by atoms with Crippen molar-refractivity contribution in [3.8, 4) is 22.9 Å². The van der Waals surface area contributed by atoms with Gasteiger partial charge in [0.2, 0.25) is 0 Å². The van der Waals surface area contributed by atoms with Crippen LogP contribution in [-0.4, -0.2) is 11.9 Å². The van der Waals surface area contributed by atoms with Gasteiger partial charge in [0.25, 0.3) is 5.91 Å². The molecule has 1 amide bonds. The summed E-state index contributed by atoms with van der Waals surface area (Å²) in [4.78, 5) is 23.7. The summed E-state index contributed by atoms with van der Waals surface area (Å²) in [5, 5.41) is 12.1. The van der Waals surface area contributed by atoms with Crippen LogP contribution in [0.3, 0.4) is 0 Å². The van der Waals surface area contributed by atoms with Gasteiger partial charge in [0.15, 0.2) is 0 Å². The molecule has 0 atom stereocenters. The largest absolute Gasteiger partial charge is 0.427 e. The van der Waals surface area contributed by atoms with Gasteiger partial charge in [-0.25, -0.2) is 0 Å². The number of esters is 1. The summed E-state index contributed by atoms with van der Waals surface area (Å²) < 4.78 is 5.01. The van der Waals surface area contributed by atoms with Crippen molar-refractivity contribution in [3.05, 3.63) is 83.9 Å². The number of hydrogen-bond acceptors (Lipinski definition) is 4. The van der Waals surface area contributed by atoms with Crippen LogP contribution in [-0.2, 0) is 4.79 Å². The Bertz CT molecular complexity index is 1040. The van der Waals surface area contributed by atoms with E-state index in [1.807, 2.05) is 36.4 Å². The summed E-state index contributed by atoms with van der Waals surface area (Å²) in [5.74, 6) is -0.575. The predicted molar refractivity (Wildman–Crippen MR) is 102 cm³/mol. The van der Waals surface area contributed by atoms with Crippen molar-refractivity contribution in [1.82, 2.24) is 0 Å². The Kier molecular flexibility index (Phi) is 5.29. The molecule has 3 aromatic rings. The monoisotopic (exact) mass is 356 g/mol. The van der Waals surface area contributed by atoms with Gasteiger partial charge < -0.3 is 10.1 Å². The number of rotatable bonds is 4. The molecule has 0 saturated heterocycles. The molecule has 0 radical (unpaired) electrons. The fourth-order valence-electron chi connectivity index (χ4n) is 2.62. The highest BCUT2D eigenvalue weighted by Gasteiger charge is 2.12. The average Bonchev–Trinajstić information content (AvgIpc) is 2.68. The zero-order valence-corrected chi connectivity index (χ0v) is 14.6. The van der Waals surface area contributed by atoms with Crippen LogP contribution in [0.1, 0.15) is 22.8 Å². The lowest BCUT2D eigenvalue weighted by atomic mass is 10.0. The summed E-state index contributed by atoms with van der Waals surface area (Å²) in [6.45, 7) is 1.29. The topological polar surface area (TPSA) is 79.2 Å². The Morgan fingerprint density at radius 3 is 2.41 bits per heavy atom. The minimum atomic E-state index is -0.463. The van der Waals surface area contributed by atoms with Crippen molar-refractivity contribution >= 4 is 17.6 Å². The van der Waals surface area contributed by atoms with Gasteiger partial charge in [0.1, 0.15) is 11.8 Å². The van der Waals surface area contributed by atoms with E-state index in [0.29, 0.717) is 16.8 Å². The molecule has 132 valence electrons. The molecule has 27 heavy (non-hydrogen) atoms. The third-order valence-corrected chi connectivity index (χ3v) is 3.85. The second-order valence-electron chi connectivity index (χ2n) is 5.81. The summed E-state index contributed by atoms with van der Waals surface area (Å²) in [5.41, 5.74) is 2.97. The van der Waals surface area contributed by atoms with Crippen LogP contribution in [0.2, 0.25) is 0 Å². The molecule has 3 rings (SSSR count). The van der Waals surface area contributed by atoms with Crippen molar-refractivity contribution in [2.75, 3.05) is 5.32 Å². The smallest absolute Gasteiger partial charge is 0.308 e. The molecule has 0 bridgehead atoms. The summed E-state index contributed by atoms with van der Waals surface area (Å²) in [6, 6.07) is 23.3. The van der Waals surface area contributed by atoms with E-state index in [4.69, 9.17) is 4.74 Å². The van der Waals surface area contributed by atoms with Crippen molar-refractivity contribution in [1.29, 1.82) is 5.26 Å². The highest BCUT2D eigenvalue weighted by molar-refractivity contribution is 6.05. The molecule has 0 fully saturated rings. The number of amides is 1. The van der Waals surface area contributed by atoms with Crippen molar-refractivity contribution in [2.45, 2.75) is 6.92 Å². The van der Waals surface area contributed by atoms with Crippen LogP contribution < -0.4 is 10.1 Å². The van der Waals surface area contributed by atoms with E-state index < -0.39 is 11.9 Å². The van der Waals surface area contributed by atoms with E-state index in [1.165, 1.54) is 13.0 Å². The molecule has 0 heterocycles. The minimum Gasteiger partial charge on any atom is -0.427 e. The first-order valence-corrected chi connectivity index (χ1v) is 8.26. The lowest BCUT2D eigenvalue weighted by Gasteiger charge is -2.10. The maximum atomic E-state index is 12.6. The number of nitriles is 1. The fraction of sp³-hybridized carbons (Fsp3) is 0.0455. The van der Waals surface area contributed by atoms with Crippen LogP contribution in [0.15, 0.2) is 72.8 Å². The highest BCUT2D eigenvalue weighted by atomic mass is 16.5. The first-order valence-electron chi connectivity index (χ1n) is 8.26. The van der Waals surface area contributed by atoms with E-state index in [2.05, 4.69) is 11.4 Å².